The molecule has 5 rings (SSSR count). The number of pyridine rings is 2. The lowest BCUT2D eigenvalue weighted by atomic mass is 9.98. The monoisotopic (exact) mass is 473 g/mol. The van der Waals surface area contributed by atoms with Gasteiger partial charge in [-0.05, 0) is 62.8 Å². The Labute approximate surface area is 204 Å². The van der Waals surface area contributed by atoms with E-state index < -0.39 is 5.82 Å². The number of nitriles is 1. The number of hydrogen-bond donors (Lipinski definition) is 0. The van der Waals surface area contributed by atoms with E-state index >= 15 is 0 Å². The van der Waals surface area contributed by atoms with Gasteiger partial charge in [0.15, 0.2) is 5.82 Å². The smallest absolute Gasteiger partial charge is 0.250 e. The van der Waals surface area contributed by atoms with Gasteiger partial charge < -0.3 is 14.4 Å². The Balaban J connectivity index is 0.000000356. The molecule has 7 nitrogen and oxygen atoms in total. The van der Waals surface area contributed by atoms with Crippen molar-refractivity contribution in [3.05, 3.63) is 66.5 Å². The first-order valence-corrected chi connectivity index (χ1v) is 11.5. The van der Waals surface area contributed by atoms with Crippen LogP contribution in [0.5, 0.6) is 11.6 Å². The van der Waals surface area contributed by atoms with Crippen LogP contribution in [0.3, 0.4) is 0 Å². The molecule has 0 radical (unpaired) electrons. The van der Waals surface area contributed by atoms with Gasteiger partial charge in [-0.2, -0.15) is 5.26 Å². The van der Waals surface area contributed by atoms with Crippen LogP contribution in [-0.2, 0) is 0 Å². The Bertz CT molecular complexity index is 1340. The minimum absolute atomic E-state index is 0.0703. The molecule has 180 valence electrons. The molecular weight excluding hydrogens is 445 g/mol. The Morgan fingerprint density at radius 1 is 0.971 bits per heavy atom. The molecule has 0 N–H and O–H groups in total. The van der Waals surface area contributed by atoms with Crippen molar-refractivity contribution in [1.29, 1.82) is 5.26 Å². The number of benzene rings is 1. The van der Waals surface area contributed by atoms with E-state index in [-0.39, 0.29) is 5.88 Å². The number of piperidine rings is 1. The van der Waals surface area contributed by atoms with Crippen molar-refractivity contribution in [2.45, 2.75) is 19.3 Å². The summed E-state index contributed by atoms with van der Waals surface area (Å²) in [7, 11) is 5.15. The lowest BCUT2D eigenvalue weighted by molar-refractivity contribution is 0.277. The molecule has 3 aromatic heterocycles. The number of halogens is 1. The van der Waals surface area contributed by atoms with Gasteiger partial charge in [0.05, 0.1) is 44.1 Å². The fourth-order valence-corrected chi connectivity index (χ4v) is 4.22. The third-order valence-electron chi connectivity index (χ3n) is 6.06. The first-order chi connectivity index (χ1) is 17.0. The van der Waals surface area contributed by atoms with Crippen molar-refractivity contribution < 1.29 is 13.9 Å². The highest BCUT2D eigenvalue weighted by atomic mass is 19.1. The first-order valence-electron chi connectivity index (χ1n) is 11.5. The van der Waals surface area contributed by atoms with Crippen LogP contribution in [0, 0.1) is 17.1 Å². The van der Waals surface area contributed by atoms with Crippen molar-refractivity contribution in [3.8, 4) is 40.1 Å². The highest BCUT2D eigenvalue weighted by Crippen LogP contribution is 2.38. The SMILES string of the molecule is CN1CCCCC1.COc1ncc(-c2c(-c3ccc(C#N)cc3)cc(OC)c3cncn23)cc1F. The van der Waals surface area contributed by atoms with Crippen molar-refractivity contribution in [3.63, 3.8) is 0 Å². The third-order valence-corrected chi connectivity index (χ3v) is 6.06. The van der Waals surface area contributed by atoms with Crippen molar-refractivity contribution in [1.82, 2.24) is 19.3 Å². The molecule has 8 heteroatoms. The molecule has 1 aliphatic heterocycles. The number of fused-ring (bicyclic) bond motifs is 1. The quantitative estimate of drug-likeness (QED) is 0.406. The summed E-state index contributed by atoms with van der Waals surface area (Å²) < 4.78 is 26.6. The first kappa shape index (κ1) is 24.2. The van der Waals surface area contributed by atoms with Gasteiger partial charge >= 0.3 is 0 Å². The van der Waals surface area contributed by atoms with Gasteiger partial charge in [0.1, 0.15) is 11.3 Å². The zero-order chi connectivity index (χ0) is 24.8. The minimum atomic E-state index is -0.560. The van der Waals surface area contributed by atoms with E-state index in [0.717, 1.165) is 16.6 Å². The number of ether oxygens (including phenoxy) is 2. The largest absolute Gasteiger partial charge is 0.494 e. The molecule has 4 heterocycles. The number of likely N-dealkylation sites (tertiary alicyclic amines) is 1. The fraction of sp³-hybridized carbons (Fsp3) is 0.296. The van der Waals surface area contributed by atoms with Gasteiger partial charge in [-0.25, -0.2) is 14.4 Å². The Morgan fingerprint density at radius 3 is 2.29 bits per heavy atom. The summed E-state index contributed by atoms with van der Waals surface area (Å²) in [6, 6.07) is 12.5. The Morgan fingerprint density at radius 2 is 1.71 bits per heavy atom. The number of hydrogen-bond acceptors (Lipinski definition) is 6. The van der Waals surface area contributed by atoms with Crippen molar-refractivity contribution >= 4 is 5.52 Å². The average molecular weight is 474 g/mol. The molecule has 0 aliphatic carbocycles. The number of aromatic nitrogens is 3. The Hall–Kier alpha value is -3.96. The standard InChI is InChI=1S/C21H15FN4O2.C6H13N/c1-27-19-8-16(14-5-3-13(9-23)4-6-14)20(26-12-24-11-18(19)26)15-7-17(22)21(28-2)25-10-15;1-7-5-3-2-4-6-7/h3-8,10-12H,1-2H3;2-6H2,1H3. The van der Waals surface area contributed by atoms with Crippen LogP contribution in [-0.4, -0.2) is 53.6 Å². The molecule has 0 bridgehead atoms. The van der Waals surface area contributed by atoms with Crippen LogP contribution in [0.1, 0.15) is 24.8 Å². The van der Waals surface area contributed by atoms with Gasteiger partial charge in [-0.1, -0.05) is 18.6 Å². The summed E-state index contributed by atoms with van der Waals surface area (Å²) in [6.45, 7) is 2.64. The van der Waals surface area contributed by atoms with E-state index in [4.69, 9.17) is 14.7 Å². The summed E-state index contributed by atoms with van der Waals surface area (Å²) in [5.74, 6) is -0.00326. The van der Waals surface area contributed by atoms with E-state index in [2.05, 4.69) is 28.0 Å². The molecule has 0 saturated carbocycles. The molecule has 0 unspecified atom stereocenters. The van der Waals surface area contributed by atoms with Gasteiger partial charge in [-0.3, -0.25) is 4.40 Å². The number of imidazole rings is 1. The van der Waals surface area contributed by atoms with Crippen LogP contribution < -0.4 is 9.47 Å². The van der Waals surface area contributed by atoms with E-state index in [1.165, 1.54) is 45.5 Å². The molecule has 1 aliphatic rings. The third kappa shape index (κ3) is 5.26. The molecule has 0 atom stereocenters. The second-order valence-corrected chi connectivity index (χ2v) is 8.39. The normalized spacial score (nSPS) is 13.6. The van der Waals surface area contributed by atoms with Gasteiger partial charge in [0.25, 0.3) is 0 Å². The summed E-state index contributed by atoms with van der Waals surface area (Å²) >= 11 is 0. The van der Waals surface area contributed by atoms with Crippen LogP contribution in [0.2, 0.25) is 0 Å². The zero-order valence-electron chi connectivity index (χ0n) is 20.2. The highest BCUT2D eigenvalue weighted by molar-refractivity contribution is 5.86. The zero-order valence-corrected chi connectivity index (χ0v) is 20.2. The molecule has 0 spiro atoms. The van der Waals surface area contributed by atoms with Crippen LogP contribution in [0.25, 0.3) is 27.9 Å². The fourth-order valence-electron chi connectivity index (χ4n) is 4.22. The van der Waals surface area contributed by atoms with E-state index in [0.29, 0.717) is 22.6 Å². The van der Waals surface area contributed by atoms with E-state index in [1.54, 1.807) is 38.0 Å². The maximum atomic E-state index is 14.4. The lowest BCUT2D eigenvalue weighted by Crippen LogP contribution is -2.24. The molecule has 1 aromatic carbocycles. The molecule has 4 aromatic rings. The molecule has 0 amide bonds. The number of nitrogens with zero attached hydrogens (tertiary/aromatic N) is 5. The van der Waals surface area contributed by atoms with Gasteiger partial charge in [0, 0.05) is 17.3 Å². The number of methoxy groups -OCH3 is 2. The molecule has 1 fully saturated rings. The van der Waals surface area contributed by atoms with E-state index in [9.17, 15) is 4.39 Å². The minimum Gasteiger partial charge on any atom is -0.494 e. The van der Waals surface area contributed by atoms with Crippen LogP contribution >= 0.6 is 0 Å². The Kier molecular flexibility index (Phi) is 7.58. The van der Waals surface area contributed by atoms with Gasteiger partial charge in [-0.15, -0.1) is 0 Å². The predicted octanol–water partition coefficient (Wildman–Crippen LogP) is 5.19. The average Bonchev–Trinajstić information content (AvgIpc) is 3.38. The maximum absolute atomic E-state index is 14.4. The maximum Gasteiger partial charge on any atom is 0.250 e. The molecular formula is C27H28FN5O2. The summed E-state index contributed by atoms with van der Waals surface area (Å²) in [5.41, 5.74) is 4.19. The molecule has 1 saturated heterocycles. The number of rotatable bonds is 4. The van der Waals surface area contributed by atoms with E-state index in [1.807, 2.05) is 22.6 Å². The molecule has 35 heavy (non-hydrogen) atoms. The van der Waals surface area contributed by atoms with Gasteiger partial charge in [0.2, 0.25) is 5.88 Å². The van der Waals surface area contributed by atoms with Crippen molar-refractivity contribution in [2.24, 2.45) is 0 Å². The summed E-state index contributed by atoms with van der Waals surface area (Å²) in [6.07, 6.45) is 9.15. The summed E-state index contributed by atoms with van der Waals surface area (Å²) in [4.78, 5) is 10.7. The van der Waals surface area contributed by atoms with Crippen LogP contribution in [0.4, 0.5) is 4.39 Å². The van der Waals surface area contributed by atoms with Crippen molar-refractivity contribution in [2.75, 3.05) is 34.4 Å². The van der Waals surface area contributed by atoms with Crippen LogP contribution in [0.15, 0.2) is 55.1 Å². The highest BCUT2D eigenvalue weighted by Gasteiger charge is 2.18. The lowest BCUT2D eigenvalue weighted by Gasteiger charge is -2.20. The second-order valence-electron chi connectivity index (χ2n) is 8.39. The second kappa shape index (κ2) is 11.0. The topological polar surface area (TPSA) is 75.7 Å². The predicted molar refractivity (Wildman–Crippen MR) is 133 cm³/mol. The summed E-state index contributed by atoms with van der Waals surface area (Å²) in [5, 5.41) is 9.06.